The first-order valence-electron chi connectivity index (χ1n) is 7.56. The van der Waals surface area contributed by atoms with E-state index in [-0.39, 0.29) is 0 Å². The van der Waals surface area contributed by atoms with Crippen LogP contribution in [0.4, 0.5) is 0 Å². The van der Waals surface area contributed by atoms with Gasteiger partial charge in [-0.1, -0.05) is 5.21 Å². The minimum Gasteiger partial charge on any atom is -0.486 e. The van der Waals surface area contributed by atoms with E-state index in [1.54, 1.807) is 23.7 Å². The molecule has 7 heteroatoms. The number of pyridine rings is 1. The molecule has 23 heavy (non-hydrogen) atoms. The average molecular weight is 327 g/mol. The third-order valence-corrected chi connectivity index (χ3v) is 4.65. The van der Waals surface area contributed by atoms with Crippen LogP contribution in [0.1, 0.15) is 17.0 Å². The Kier molecular flexibility index (Phi) is 4.04. The largest absolute Gasteiger partial charge is 0.486 e. The molecule has 0 spiro atoms. The van der Waals surface area contributed by atoms with Crippen LogP contribution in [0.3, 0.4) is 0 Å². The Morgan fingerprint density at radius 3 is 3.09 bits per heavy atom. The van der Waals surface area contributed by atoms with E-state index in [1.807, 2.05) is 16.8 Å². The Morgan fingerprint density at radius 1 is 1.26 bits per heavy atom. The van der Waals surface area contributed by atoms with Crippen LogP contribution >= 0.6 is 11.3 Å². The number of fused-ring (bicyclic) bond motifs is 1. The molecule has 1 aliphatic heterocycles. The van der Waals surface area contributed by atoms with Crippen LogP contribution in [0, 0.1) is 0 Å². The normalized spacial score (nSPS) is 14.6. The summed E-state index contributed by atoms with van der Waals surface area (Å²) in [5, 5.41) is 12.9. The molecule has 3 aromatic heterocycles. The fraction of sp³-hybridized carbons (Fsp3) is 0.312. The lowest BCUT2D eigenvalue weighted by Crippen LogP contribution is -2.33. The minimum absolute atomic E-state index is 0.424. The summed E-state index contributed by atoms with van der Waals surface area (Å²) in [5.41, 5.74) is 3.42. The highest BCUT2D eigenvalue weighted by Crippen LogP contribution is 2.19. The fourth-order valence-electron chi connectivity index (χ4n) is 2.72. The molecule has 118 valence electrons. The van der Waals surface area contributed by atoms with Crippen LogP contribution < -0.4 is 4.74 Å². The third kappa shape index (κ3) is 3.25. The lowest BCUT2D eigenvalue weighted by Gasteiger charge is -2.27. The molecule has 0 amide bonds. The van der Waals surface area contributed by atoms with Gasteiger partial charge in [0.05, 0.1) is 18.4 Å². The van der Waals surface area contributed by atoms with Crippen molar-refractivity contribution in [3.05, 3.63) is 58.3 Å². The van der Waals surface area contributed by atoms with Crippen molar-refractivity contribution >= 4 is 11.3 Å². The molecule has 0 atom stereocenters. The Hall–Kier alpha value is -2.25. The molecule has 0 aromatic carbocycles. The van der Waals surface area contributed by atoms with Gasteiger partial charge in [0.2, 0.25) is 0 Å². The number of rotatable bonds is 5. The maximum atomic E-state index is 5.76. The Labute approximate surface area is 138 Å². The van der Waals surface area contributed by atoms with Crippen LogP contribution in [0.5, 0.6) is 5.75 Å². The van der Waals surface area contributed by atoms with Crippen LogP contribution in [0.2, 0.25) is 0 Å². The van der Waals surface area contributed by atoms with Crippen molar-refractivity contribution in [2.75, 3.05) is 6.54 Å². The number of hydrogen-bond acceptors (Lipinski definition) is 6. The molecular weight excluding hydrogens is 310 g/mol. The molecule has 4 heterocycles. The molecule has 0 radical (unpaired) electrons. The molecule has 4 rings (SSSR count). The number of aromatic nitrogens is 4. The first kappa shape index (κ1) is 14.3. The van der Waals surface area contributed by atoms with Crippen molar-refractivity contribution in [2.24, 2.45) is 0 Å². The fourth-order valence-corrected chi connectivity index (χ4v) is 3.38. The van der Waals surface area contributed by atoms with Gasteiger partial charge in [0.15, 0.2) is 0 Å². The number of thiophene rings is 1. The summed E-state index contributed by atoms with van der Waals surface area (Å²) in [5.74, 6) is 0.750. The Balaban J connectivity index is 1.44. The van der Waals surface area contributed by atoms with E-state index in [0.29, 0.717) is 6.61 Å². The lowest BCUT2D eigenvalue weighted by atomic mass is 10.2. The predicted octanol–water partition coefficient (Wildman–Crippen LogP) is 2.33. The summed E-state index contributed by atoms with van der Waals surface area (Å²) in [6.45, 7) is 4.12. The molecule has 1 aliphatic rings. The molecule has 3 aromatic rings. The molecule has 0 saturated heterocycles. The second kappa shape index (κ2) is 6.47. The molecule has 0 fully saturated rings. The van der Waals surface area contributed by atoms with E-state index in [2.05, 4.69) is 37.0 Å². The van der Waals surface area contributed by atoms with Crippen molar-refractivity contribution in [1.82, 2.24) is 24.9 Å². The summed E-state index contributed by atoms with van der Waals surface area (Å²) < 4.78 is 7.75. The van der Waals surface area contributed by atoms with Crippen molar-refractivity contribution in [3.63, 3.8) is 0 Å². The standard InChI is InChI=1S/C16H17N5OS/c1-2-14(8-17-4-1)22-11-15-16-10-20(5-6-21(16)19-18-15)9-13-3-7-23-12-13/h1-4,7-8,12H,5-6,9-11H2. The maximum absolute atomic E-state index is 5.76. The van der Waals surface area contributed by atoms with Crippen molar-refractivity contribution in [3.8, 4) is 5.75 Å². The van der Waals surface area contributed by atoms with E-state index in [1.165, 1.54) is 5.56 Å². The SMILES string of the molecule is c1cncc(OCc2nnn3c2CN(Cc2ccsc2)CC3)c1. The van der Waals surface area contributed by atoms with E-state index in [4.69, 9.17) is 4.74 Å². The predicted molar refractivity (Wildman–Crippen MR) is 87.0 cm³/mol. The Morgan fingerprint density at radius 2 is 2.26 bits per heavy atom. The van der Waals surface area contributed by atoms with Crippen LogP contribution in [0.15, 0.2) is 41.4 Å². The second-order valence-electron chi connectivity index (χ2n) is 5.53. The molecule has 6 nitrogen and oxygen atoms in total. The minimum atomic E-state index is 0.424. The zero-order valence-corrected chi connectivity index (χ0v) is 13.4. The van der Waals surface area contributed by atoms with E-state index >= 15 is 0 Å². The molecule has 0 aliphatic carbocycles. The van der Waals surface area contributed by atoms with E-state index in [0.717, 1.165) is 43.3 Å². The topological polar surface area (TPSA) is 56.1 Å². The van der Waals surface area contributed by atoms with Gasteiger partial charge in [-0.15, -0.1) is 5.10 Å². The molecule has 0 bridgehead atoms. The van der Waals surface area contributed by atoms with Crippen LogP contribution in [-0.4, -0.2) is 31.4 Å². The van der Waals surface area contributed by atoms with Gasteiger partial charge in [0.1, 0.15) is 18.1 Å². The highest BCUT2D eigenvalue weighted by atomic mass is 32.1. The zero-order chi connectivity index (χ0) is 15.5. The summed E-state index contributed by atoms with van der Waals surface area (Å²) >= 11 is 1.74. The summed E-state index contributed by atoms with van der Waals surface area (Å²) in [6, 6.07) is 5.94. The van der Waals surface area contributed by atoms with Crippen LogP contribution in [-0.2, 0) is 26.2 Å². The Bertz CT molecular complexity index is 756. The van der Waals surface area contributed by atoms with Gasteiger partial charge in [-0.2, -0.15) is 11.3 Å². The zero-order valence-electron chi connectivity index (χ0n) is 12.6. The number of nitrogens with zero attached hydrogens (tertiary/aromatic N) is 5. The quantitative estimate of drug-likeness (QED) is 0.720. The van der Waals surface area contributed by atoms with Gasteiger partial charge >= 0.3 is 0 Å². The summed E-state index contributed by atoms with van der Waals surface area (Å²) in [4.78, 5) is 6.48. The monoisotopic (exact) mass is 327 g/mol. The van der Waals surface area contributed by atoms with Gasteiger partial charge in [-0.05, 0) is 34.5 Å². The molecule has 0 N–H and O–H groups in total. The first-order chi connectivity index (χ1) is 11.4. The number of ether oxygens (including phenoxy) is 1. The molecule has 0 unspecified atom stereocenters. The first-order valence-corrected chi connectivity index (χ1v) is 8.50. The van der Waals surface area contributed by atoms with Crippen molar-refractivity contribution in [2.45, 2.75) is 26.2 Å². The highest BCUT2D eigenvalue weighted by molar-refractivity contribution is 7.07. The third-order valence-electron chi connectivity index (χ3n) is 3.92. The van der Waals surface area contributed by atoms with Gasteiger partial charge in [0, 0.05) is 25.8 Å². The van der Waals surface area contributed by atoms with Gasteiger partial charge in [0.25, 0.3) is 0 Å². The van der Waals surface area contributed by atoms with Crippen LogP contribution in [0.25, 0.3) is 0 Å². The second-order valence-corrected chi connectivity index (χ2v) is 6.31. The van der Waals surface area contributed by atoms with Gasteiger partial charge in [-0.25, -0.2) is 4.68 Å². The number of hydrogen-bond donors (Lipinski definition) is 0. The lowest BCUT2D eigenvalue weighted by molar-refractivity contribution is 0.202. The summed E-state index contributed by atoms with van der Waals surface area (Å²) in [6.07, 6.45) is 3.44. The molecular formula is C16H17N5OS. The van der Waals surface area contributed by atoms with Gasteiger partial charge in [-0.3, -0.25) is 9.88 Å². The van der Waals surface area contributed by atoms with E-state index in [9.17, 15) is 0 Å². The molecule has 0 saturated carbocycles. The highest BCUT2D eigenvalue weighted by Gasteiger charge is 2.22. The summed E-state index contributed by atoms with van der Waals surface area (Å²) in [7, 11) is 0. The van der Waals surface area contributed by atoms with Gasteiger partial charge < -0.3 is 4.74 Å². The maximum Gasteiger partial charge on any atom is 0.138 e. The van der Waals surface area contributed by atoms with E-state index < -0.39 is 0 Å². The van der Waals surface area contributed by atoms with Crippen molar-refractivity contribution in [1.29, 1.82) is 0 Å². The average Bonchev–Trinajstić information content (AvgIpc) is 3.23. The van der Waals surface area contributed by atoms with Crippen molar-refractivity contribution < 1.29 is 4.74 Å². The smallest absolute Gasteiger partial charge is 0.138 e.